The standard InChI is InChI=1S/C20H24N2O3.ClH/c1-2-24-16-7-9-17(10-8-16)25-14-20(23)22-13-19-18-6-4-3-5-15(18)11-12-21-19;/h3-10,19,21H,2,11-14H2,1H3,(H,22,23);1H. The Morgan fingerprint density at radius 2 is 1.81 bits per heavy atom. The van der Waals surface area contributed by atoms with Crippen LogP contribution in [0.4, 0.5) is 0 Å². The summed E-state index contributed by atoms with van der Waals surface area (Å²) in [5.74, 6) is 1.32. The zero-order valence-electron chi connectivity index (χ0n) is 14.9. The highest BCUT2D eigenvalue weighted by Crippen LogP contribution is 2.22. The monoisotopic (exact) mass is 376 g/mol. The molecule has 6 heteroatoms. The summed E-state index contributed by atoms with van der Waals surface area (Å²) in [6.07, 6.45) is 1.03. The van der Waals surface area contributed by atoms with E-state index in [0.29, 0.717) is 18.9 Å². The van der Waals surface area contributed by atoms with E-state index in [1.807, 2.05) is 25.1 Å². The first kappa shape index (κ1) is 20.1. The SMILES string of the molecule is CCOc1ccc(OCC(=O)NCC2NCCc3ccccc32)cc1.Cl. The van der Waals surface area contributed by atoms with Crippen LogP contribution in [0.3, 0.4) is 0 Å². The van der Waals surface area contributed by atoms with Crippen LogP contribution in [-0.4, -0.2) is 32.2 Å². The number of rotatable bonds is 7. The van der Waals surface area contributed by atoms with Gasteiger partial charge in [0.2, 0.25) is 0 Å². The first-order valence-corrected chi connectivity index (χ1v) is 8.70. The van der Waals surface area contributed by atoms with Crippen molar-refractivity contribution in [3.63, 3.8) is 0 Å². The van der Waals surface area contributed by atoms with Gasteiger partial charge in [0.25, 0.3) is 5.91 Å². The Morgan fingerprint density at radius 1 is 1.12 bits per heavy atom. The van der Waals surface area contributed by atoms with Gasteiger partial charge in [-0.05, 0) is 55.3 Å². The number of hydrogen-bond acceptors (Lipinski definition) is 4. The predicted molar refractivity (Wildman–Crippen MR) is 104 cm³/mol. The summed E-state index contributed by atoms with van der Waals surface area (Å²) in [5, 5.41) is 6.40. The lowest BCUT2D eigenvalue weighted by molar-refractivity contribution is -0.123. The fourth-order valence-corrected chi connectivity index (χ4v) is 2.99. The van der Waals surface area contributed by atoms with Crippen molar-refractivity contribution in [3.05, 3.63) is 59.7 Å². The zero-order chi connectivity index (χ0) is 17.5. The Hall–Kier alpha value is -2.24. The van der Waals surface area contributed by atoms with Crippen molar-refractivity contribution in [1.29, 1.82) is 0 Å². The van der Waals surface area contributed by atoms with Gasteiger partial charge >= 0.3 is 0 Å². The molecule has 0 saturated heterocycles. The minimum atomic E-state index is -0.126. The van der Waals surface area contributed by atoms with Crippen molar-refractivity contribution < 1.29 is 14.3 Å². The van der Waals surface area contributed by atoms with Crippen molar-refractivity contribution in [2.45, 2.75) is 19.4 Å². The molecule has 1 aliphatic rings. The summed E-state index contributed by atoms with van der Waals surface area (Å²) in [5.41, 5.74) is 2.62. The van der Waals surface area contributed by atoms with Crippen molar-refractivity contribution in [3.8, 4) is 11.5 Å². The molecule has 0 saturated carbocycles. The second kappa shape index (κ2) is 10.0. The summed E-state index contributed by atoms with van der Waals surface area (Å²) in [6, 6.07) is 15.8. The molecule has 1 unspecified atom stereocenters. The van der Waals surface area contributed by atoms with E-state index in [1.54, 1.807) is 12.1 Å². The largest absolute Gasteiger partial charge is 0.494 e. The van der Waals surface area contributed by atoms with Crippen molar-refractivity contribution >= 4 is 18.3 Å². The van der Waals surface area contributed by atoms with Gasteiger partial charge < -0.3 is 20.1 Å². The molecular formula is C20H25ClN2O3. The Kier molecular flexibility index (Phi) is 7.75. The topological polar surface area (TPSA) is 59.6 Å². The van der Waals surface area contributed by atoms with Crippen LogP contribution in [-0.2, 0) is 11.2 Å². The van der Waals surface area contributed by atoms with Crippen LogP contribution in [0.5, 0.6) is 11.5 Å². The van der Waals surface area contributed by atoms with Gasteiger partial charge in [-0.1, -0.05) is 24.3 Å². The lowest BCUT2D eigenvalue weighted by Crippen LogP contribution is -2.40. The molecule has 140 valence electrons. The first-order valence-electron chi connectivity index (χ1n) is 8.70. The summed E-state index contributed by atoms with van der Waals surface area (Å²) < 4.78 is 10.9. The van der Waals surface area contributed by atoms with Gasteiger partial charge in [0, 0.05) is 12.6 Å². The second-order valence-corrected chi connectivity index (χ2v) is 5.95. The first-order chi connectivity index (χ1) is 12.3. The van der Waals surface area contributed by atoms with Crippen LogP contribution >= 0.6 is 12.4 Å². The number of carbonyl (C=O) groups is 1. The Balaban J connectivity index is 0.00000243. The molecule has 2 aromatic carbocycles. The highest BCUT2D eigenvalue weighted by atomic mass is 35.5. The van der Waals surface area contributed by atoms with Gasteiger partial charge in [-0.15, -0.1) is 12.4 Å². The molecule has 1 atom stereocenters. The third-order valence-corrected chi connectivity index (χ3v) is 4.22. The molecule has 0 radical (unpaired) electrons. The maximum atomic E-state index is 12.1. The molecule has 2 aromatic rings. The highest BCUT2D eigenvalue weighted by Gasteiger charge is 2.19. The molecule has 0 spiro atoms. The minimum absolute atomic E-state index is 0. The number of amides is 1. The summed E-state index contributed by atoms with van der Waals surface area (Å²) in [4.78, 5) is 12.1. The van der Waals surface area contributed by atoms with E-state index in [9.17, 15) is 4.79 Å². The summed E-state index contributed by atoms with van der Waals surface area (Å²) >= 11 is 0. The van der Waals surface area contributed by atoms with Crippen LogP contribution in [0, 0.1) is 0 Å². The number of nitrogens with one attached hydrogen (secondary N) is 2. The molecular weight excluding hydrogens is 352 g/mol. The quantitative estimate of drug-likeness (QED) is 0.780. The molecule has 26 heavy (non-hydrogen) atoms. The Morgan fingerprint density at radius 3 is 2.54 bits per heavy atom. The Bertz CT molecular complexity index is 706. The number of fused-ring (bicyclic) bond motifs is 1. The molecule has 0 fully saturated rings. The second-order valence-electron chi connectivity index (χ2n) is 5.95. The molecule has 0 bridgehead atoms. The average Bonchev–Trinajstić information content (AvgIpc) is 2.66. The fourth-order valence-electron chi connectivity index (χ4n) is 2.99. The highest BCUT2D eigenvalue weighted by molar-refractivity contribution is 5.85. The van der Waals surface area contributed by atoms with Crippen LogP contribution < -0.4 is 20.1 Å². The third-order valence-electron chi connectivity index (χ3n) is 4.22. The van der Waals surface area contributed by atoms with Crippen molar-refractivity contribution in [1.82, 2.24) is 10.6 Å². The molecule has 1 aliphatic heterocycles. The van der Waals surface area contributed by atoms with Gasteiger partial charge in [0.15, 0.2) is 6.61 Å². The number of carbonyl (C=O) groups excluding carboxylic acids is 1. The van der Waals surface area contributed by atoms with E-state index in [4.69, 9.17) is 9.47 Å². The predicted octanol–water partition coefficient (Wildman–Crippen LogP) is 2.89. The van der Waals surface area contributed by atoms with Gasteiger partial charge in [0.1, 0.15) is 11.5 Å². The van der Waals surface area contributed by atoms with Gasteiger partial charge in [0.05, 0.1) is 6.61 Å². The number of halogens is 1. The van der Waals surface area contributed by atoms with E-state index >= 15 is 0 Å². The van der Waals surface area contributed by atoms with E-state index in [1.165, 1.54) is 11.1 Å². The average molecular weight is 377 g/mol. The zero-order valence-corrected chi connectivity index (χ0v) is 15.7. The van der Waals surface area contributed by atoms with Gasteiger partial charge in [-0.2, -0.15) is 0 Å². The smallest absolute Gasteiger partial charge is 0.258 e. The van der Waals surface area contributed by atoms with E-state index < -0.39 is 0 Å². The maximum absolute atomic E-state index is 12.1. The van der Waals surface area contributed by atoms with Crippen LogP contribution in [0.2, 0.25) is 0 Å². The van der Waals surface area contributed by atoms with Crippen molar-refractivity contribution in [2.75, 3.05) is 26.3 Å². The molecule has 1 amide bonds. The summed E-state index contributed by atoms with van der Waals surface area (Å²) in [7, 11) is 0. The lowest BCUT2D eigenvalue weighted by atomic mass is 9.94. The van der Waals surface area contributed by atoms with Gasteiger partial charge in [-0.3, -0.25) is 4.79 Å². The van der Waals surface area contributed by atoms with Gasteiger partial charge in [-0.25, -0.2) is 0 Å². The van der Waals surface area contributed by atoms with E-state index in [0.717, 1.165) is 18.7 Å². The third kappa shape index (κ3) is 5.38. The fraction of sp³-hybridized carbons (Fsp3) is 0.350. The van der Waals surface area contributed by atoms with Crippen LogP contribution in [0.1, 0.15) is 24.1 Å². The Labute approximate surface area is 160 Å². The van der Waals surface area contributed by atoms with Crippen molar-refractivity contribution in [2.24, 2.45) is 0 Å². The molecule has 0 aliphatic carbocycles. The lowest BCUT2D eigenvalue weighted by Gasteiger charge is -2.27. The molecule has 5 nitrogen and oxygen atoms in total. The molecule has 3 rings (SSSR count). The number of ether oxygens (including phenoxy) is 2. The van der Waals surface area contributed by atoms with Crippen LogP contribution in [0.15, 0.2) is 48.5 Å². The summed E-state index contributed by atoms with van der Waals surface area (Å²) in [6.45, 7) is 4.06. The molecule has 2 N–H and O–H groups in total. The normalized spacial score (nSPS) is 15.3. The number of hydrogen-bond donors (Lipinski definition) is 2. The van der Waals surface area contributed by atoms with E-state index in [-0.39, 0.29) is 31.0 Å². The number of benzene rings is 2. The molecule has 1 heterocycles. The molecule has 0 aromatic heterocycles. The van der Waals surface area contributed by atoms with E-state index in [2.05, 4.69) is 28.8 Å². The minimum Gasteiger partial charge on any atom is -0.494 e. The maximum Gasteiger partial charge on any atom is 0.258 e. The van der Waals surface area contributed by atoms with Crippen LogP contribution in [0.25, 0.3) is 0 Å².